The van der Waals surface area contributed by atoms with Crippen LogP contribution in [-0.4, -0.2) is 65.9 Å². The Morgan fingerprint density at radius 1 is 0.667 bits per heavy atom. The molecule has 5 rings (SSSR count). The van der Waals surface area contributed by atoms with E-state index in [4.69, 9.17) is 0 Å². The second-order valence-electron chi connectivity index (χ2n) is 11.1. The van der Waals surface area contributed by atoms with E-state index < -0.39 is 0 Å². The highest BCUT2D eigenvalue weighted by molar-refractivity contribution is 5.99. The van der Waals surface area contributed by atoms with E-state index in [0.717, 1.165) is 38.8 Å². The number of nitrogens with zero attached hydrogens (tertiary/aromatic N) is 2. The van der Waals surface area contributed by atoms with Crippen LogP contribution < -0.4 is 16.1 Å². The van der Waals surface area contributed by atoms with Gasteiger partial charge in [-0.2, -0.15) is 0 Å². The first-order valence-corrected chi connectivity index (χ1v) is 14.7. The van der Waals surface area contributed by atoms with Crippen LogP contribution in [0.15, 0.2) is 41.2 Å². The van der Waals surface area contributed by atoms with Crippen molar-refractivity contribution in [3.8, 4) is 0 Å². The first-order chi connectivity index (χ1) is 19.0. The minimum absolute atomic E-state index is 0.00987. The summed E-state index contributed by atoms with van der Waals surface area (Å²) in [5.74, 6) is -0.0197. The summed E-state index contributed by atoms with van der Waals surface area (Å²) in [5, 5.41) is 7.09. The second-order valence-corrected chi connectivity index (χ2v) is 11.1. The lowest BCUT2D eigenvalue weighted by molar-refractivity contribution is -0.117. The van der Waals surface area contributed by atoms with Crippen LogP contribution >= 0.6 is 0 Å². The van der Waals surface area contributed by atoms with Gasteiger partial charge in [0.2, 0.25) is 11.8 Å². The number of anilines is 2. The summed E-state index contributed by atoms with van der Waals surface area (Å²) in [7, 11) is 0. The summed E-state index contributed by atoms with van der Waals surface area (Å²) >= 11 is 0. The van der Waals surface area contributed by atoms with Gasteiger partial charge in [-0.05, 0) is 127 Å². The largest absolute Gasteiger partial charge is 0.354 e. The molecule has 8 nitrogen and oxygen atoms in total. The number of rotatable bonds is 12. The number of aromatic amines is 1. The van der Waals surface area contributed by atoms with Gasteiger partial charge >= 0.3 is 0 Å². The molecule has 0 atom stereocenters. The Kier molecular flexibility index (Phi) is 9.27. The molecule has 0 saturated carbocycles. The molecule has 1 aromatic heterocycles. The van der Waals surface area contributed by atoms with Gasteiger partial charge in [-0.3, -0.25) is 14.4 Å². The van der Waals surface area contributed by atoms with Crippen LogP contribution in [0.3, 0.4) is 0 Å². The van der Waals surface area contributed by atoms with Crippen LogP contribution in [0.2, 0.25) is 0 Å². The fourth-order valence-electron chi connectivity index (χ4n) is 5.84. The number of fused-ring (bicyclic) bond motifs is 2. The summed E-state index contributed by atoms with van der Waals surface area (Å²) in [6.07, 6.45) is 9.91. The maximum Gasteiger partial charge on any atom is 0.224 e. The fraction of sp³-hybridized carbons (Fsp3) is 0.516. The van der Waals surface area contributed by atoms with E-state index in [9.17, 15) is 14.4 Å². The zero-order valence-corrected chi connectivity index (χ0v) is 22.9. The Bertz CT molecular complexity index is 1260. The molecule has 2 amide bonds. The number of aromatic nitrogens is 1. The summed E-state index contributed by atoms with van der Waals surface area (Å²) in [6, 6.07) is 10.7. The smallest absolute Gasteiger partial charge is 0.224 e. The molecular weight excluding hydrogens is 490 g/mol. The molecule has 2 aliphatic heterocycles. The van der Waals surface area contributed by atoms with Crippen LogP contribution in [0.4, 0.5) is 11.4 Å². The van der Waals surface area contributed by atoms with Gasteiger partial charge in [0.05, 0.1) is 11.0 Å². The standard InChI is InChI=1S/C31H41N5O3/c37-29(9-1-3-15-35-17-5-6-18-35)32-23-11-13-25-27(21-23)34-28-22-24(12-14-26(28)31(25)39)33-30(38)10-2-4-16-36-19-7-8-20-36/h11-14,21-22H,1-10,15-20H2,(H,32,37)(H,33,38)(H,34,39). The number of pyridine rings is 1. The van der Waals surface area contributed by atoms with Crippen molar-refractivity contribution in [1.82, 2.24) is 14.8 Å². The first kappa shape index (κ1) is 27.3. The number of H-pyrrole nitrogens is 1. The third kappa shape index (κ3) is 7.46. The number of nitrogens with one attached hydrogen (secondary N) is 3. The van der Waals surface area contributed by atoms with Crippen molar-refractivity contribution in [3.05, 3.63) is 46.6 Å². The Labute approximate surface area is 230 Å². The summed E-state index contributed by atoms with van der Waals surface area (Å²) in [4.78, 5) is 46.4. The van der Waals surface area contributed by atoms with Crippen molar-refractivity contribution in [2.45, 2.75) is 64.2 Å². The predicted molar refractivity (Wildman–Crippen MR) is 158 cm³/mol. The molecule has 2 fully saturated rings. The van der Waals surface area contributed by atoms with Crippen molar-refractivity contribution in [1.29, 1.82) is 0 Å². The average molecular weight is 532 g/mol. The molecule has 0 spiro atoms. The zero-order valence-electron chi connectivity index (χ0n) is 22.9. The number of unbranched alkanes of at least 4 members (excludes halogenated alkanes) is 2. The topological polar surface area (TPSA) is 97.5 Å². The quantitative estimate of drug-likeness (QED) is 0.223. The van der Waals surface area contributed by atoms with Gasteiger partial charge < -0.3 is 25.4 Å². The predicted octanol–water partition coefficient (Wildman–Crippen LogP) is 5.09. The lowest BCUT2D eigenvalue weighted by Crippen LogP contribution is -2.20. The monoisotopic (exact) mass is 531 g/mol. The zero-order chi connectivity index (χ0) is 27.0. The Morgan fingerprint density at radius 3 is 1.54 bits per heavy atom. The number of hydrogen-bond acceptors (Lipinski definition) is 5. The van der Waals surface area contributed by atoms with Crippen molar-refractivity contribution in [2.24, 2.45) is 0 Å². The van der Waals surface area contributed by atoms with Gasteiger partial charge in [0.1, 0.15) is 0 Å². The van der Waals surface area contributed by atoms with Gasteiger partial charge in [-0.1, -0.05) is 0 Å². The van der Waals surface area contributed by atoms with Crippen LogP contribution in [0.5, 0.6) is 0 Å². The average Bonchev–Trinajstić information content (AvgIpc) is 3.64. The minimum Gasteiger partial charge on any atom is -0.354 e. The third-order valence-corrected chi connectivity index (χ3v) is 8.02. The van der Waals surface area contributed by atoms with Gasteiger partial charge in [-0.15, -0.1) is 0 Å². The fourth-order valence-corrected chi connectivity index (χ4v) is 5.84. The number of amides is 2. The lowest BCUT2D eigenvalue weighted by atomic mass is 10.1. The van der Waals surface area contributed by atoms with Crippen LogP contribution in [-0.2, 0) is 9.59 Å². The van der Waals surface area contributed by atoms with Gasteiger partial charge in [0, 0.05) is 35.0 Å². The highest BCUT2D eigenvalue weighted by atomic mass is 16.2. The van der Waals surface area contributed by atoms with Crippen LogP contribution in [0.25, 0.3) is 21.8 Å². The number of likely N-dealkylation sites (tertiary alicyclic amines) is 2. The van der Waals surface area contributed by atoms with Crippen molar-refractivity contribution in [2.75, 3.05) is 49.9 Å². The molecule has 3 heterocycles. The molecule has 0 aliphatic carbocycles. The van der Waals surface area contributed by atoms with Gasteiger partial charge in [0.25, 0.3) is 0 Å². The third-order valence-electron chi connectivity index (χ3n) is 8.02. The molecular formula is C31H41N5O3. The second kappa shape index (κ2) is 13.2. The SMILES string of the molecule is O=C(CCCCN1CCCC1)Nc1ccc2c(=O)c3ccc(NC(=O)CCCCN4CCCC4)cc3[nH]c2c1. The molecule has 39 heavy (non-hydrogen) atoms. The Balaban J connectivity index is 1.17. The molecule has 3 aromatic rings. The first-order valence-electron chi connectivity index (χ1n) is 14.7. The molecule has 2 saturated heterocycles. The van der Waals surface area contributed by atoms with E-state index in [2.05, 4.69) is 25.4 Å². The minimum atomic E-state index is -0.0710. The van der Waals surface area contributed by atoms with E-state index in [1.807, 2.05) is 12.1 Å². The van der Waals surface area contributed by atoms with Crippen LogP contribution in [0, 0.1) is 0 Å². The number of carbonyl (C=O) groups is 2. The van der Waals surface area contributed by atoms with Gasteiger partial charge in [-0.25, -0.2) is 0 Å². The normalized spacial score (nSPS) is 16.3. The Morgan fingerprint density at radius 2 is 1.10 bits per heavy atom. The van der Waals surface area contributed by atoms with E-state index in [0.29, 0.717) is 46.0 Å². The molecule has 2 aliphatic rings. The number of carbonyl (C=O) groups excluding carboxylic acids is 2. The van der Waals surface area contributed by atoms with Crippen LogP contribution in [0.1, 0.15) is 64.2 Å². The highest BCUT2D eigenvalue weighted by Crippen LogP contribution is 2.22. The molecule has 0 radical (unpaired) electrons. The number of hydrogen-bond donors (Lipinski definition) is 3. The lowest BCUT2D eigenvalue weighted by Gasteiger charge is -2.14. The Hall–Kier alpha value is -3.23. The van der Waals surface area contributed by atoms with Gasteiger partial charge in [0.15, 0.2) is 5.43 Å². The van der Waals surface area contributed by atoms with Crippen molar-refractivity contribution < 1.29 is 9.59 Å². The molecule has 208 valence electrons. The van der Waals surface area contributed by atoms with Crippen molar-refractivity contribution >= 4 is 45.0 Å². The molecule has 2 aromatic carbocycles. The van der Waals surface area contributed by atoms with Crippen molar-refractivity contribution in [3.63, 3.8) is 0 Å². The molecule has 0 unspecified atom stereocenters. The van der Waals surface area contributed by atoms with E-state index >= 15 is 0 Å². The maximum atomic E-state index is 13.1. The summed E-state index contributed by atoms with van der Waals surface area (Å²) in [6.45, 7) is 6.87. The van der Waals surface area contributed by atoms with E-state index in [1.54, 1.807) is 24.3 Å². The molecule has 3 N–H and O–H groups in total. The molecule has 0 bridgehead atoms. The van der Waals surface area contributed by atoms with E-state index in [1.165, 1.54) is 51.9 Å². The maximum absolute atomic E-state index is 13.1. The number of benzene rings is 2. The summed E-state index contributed by atoms with van der Waals surface area (Å²) in [5.41, 5.74) is 2.58. The highest BCUT2D eigenvalue weighted by Gasteiger charge is 2.13. The molecule has 8 heteroatoms. The van der Waals surface area contributed by atoms with E-state index in [-0.39, 0.29) is 17.2 Å². The summed E-state index contributed by atoms with van der Waals surface area (Å²) < 4.78 is 0.